The van der Waals surface area contributed by atoms with E-state index in [-0.39, 0.29) is 12.1 Å². The summed E-state index contributed by atoms with van der Waals surface area (Å²) in [5.74, 6) is 1.61. The summed E-state index contributed by atoms with van der Waals surface area (Å²) in [4.78, 5) is 11.6. The molecule has 0 saturated heterocycles. The van der Waals surface area contributed by atoms with E-state index in [2.05, 4.69) is 12.1 Å². The molecule has 2 heterocycles. The largest absolute Gasteiger partial charge is 0.463 e. The SMILES string of the molecule is CC1CCc2cc3c(cc2CCCCC(=O)O1)OCO3. The lowest BCUT2D eigenvalue weighted by atomic mass is 9.96. The number of aryl methyl sites for hydroxylation is 2. The first kappa shape index (κ1) is 13.3. The molecule has 0 N–H and O–H groups in total. The number of rotatable bonds is 0. The number of fused-ring (bicyclic) bond motifs is 2. The van der Waals surface area contributed by atoms with E-state index < -0.39 is 0 Å². The molecule has 20 heavy (non-hydrogen) atoms. The fourth-order valence-corrected chi connectivity index (χ4v) is 2.78. The Morgan fingerprint density at radius 2 is 1.65 bits per heavy atom. The van der Waals surface area contributed by atoms with Gasteiger partial charge in [0.1, 0.15) is 0 Å². The molecule has 2 aliphatic heterocycles. The van der Waals surface area contributed by atoms with Crippen molar-refractivity contribution in [3.05, 3.63) is 23.3 Å². The highest BCUT2D eigenvalue weighted by Gasteiger charge is 2.19. The van der Waals surface area contributed by atoms with Crippen molar-refractivity contribution in [2.45, 2.75) is 51.6 Å². The van der Waals surface area contributed by atoms with E-state index >= 15 is 0 Å². The van der Waals surface area contributed by atoms with Crippen LogP contribution in [0.4, 0.5) is 0 Å². The van der Waals surface area contributed by atoms with Crippen molar-refractivity contribution < 1.29 is 19.0 Å². The summed E-state index contributed by atoms with van der Waals surface area (Å²) in [5.41, 5.74) is 2.61. The number of cyclic esters (lactones) is 1. The van der Waals surface area contributed by atoms with E-state index in [9.17, 15) is 4.79 Å². The van der Waals surface area contributed by atoms with Crippen molar-refractivity contribution in [2.24, 2.45) is 0 Å². The van der Waals surface area contributed by atoms with Crippen LogP contribution in [0, 0.1) is 0 Å². The van der Waals surface area contributed by atoms with Crippen molar-refractivity contribution in [1.29, 1.82) is 0 Å². The second kappa shape index (κ2) is 5.73. The van der Waals surface area contributed by atoms with Crippen molar-refractivity contribution in [1.82, 2.24) is 0 Å². The lowest BCUT2D eigenvalue weighted by Gasteiger charge is -2.14. The standard InChI is InChI=1S/C16H20O4/c1-11-6-7-13-9-15-14(18-10-19-15)8-12(13)4-2-3-5-16(17)20-11/h8-9,11H,2-7,10H2,1H3. The normalized spacial score (nSPS) is 22.6. The second-order valence-electron chi connectivity index (χ2n) is 5.52. The van der Waals surface area contributed by atoms with Gasteiger partial charge in [-0.1, -0.05) is 0 Å². The third-order valence-corrected chi connectivity index (χ3v) is 3.92. The van der Waals surface area contributed by atoms with Gasteiger partial charge in [-0.05, 0) is 62.3 Å². The van der Waals surface area contributed by atoms with Crippen molar-refractivity contribution in [3.63, 3.8) is 0 Å². The van der Waals surface area contributed by atoms with Crippen molar-refractivity contribution >= 4 is 5.97 Å². The van der Waals surface area contributed by atoms with Gasteiger partial charge in [-0.15, -0.1) is 0 Å². The first-order valence-electron chi connectivity index (χ1n) is 7.33. The minimum atomic E-state index is -0.0717. The van der Waals surface area contributed by atoms with Gasteiger partial charge in [0.2, 0.25) is 6.79 Å². The molecule has 4 nitrogen and oxygen atoms in total. The number of ether oxygens (including phenoxy) is 3. The average molecular weight is 276 g/mol. The Bertz CT molecular complexity index is 509. The van der Waals surface area contributed by atoms with Crippen LogP contribution in [0.25, 0.3) is 0 Å². The van der Waals surface area contributed by atoms with Crippen molar-refractivity contribution in [3.8, 4) is 11.5 Å². The van der Waals surface area contributed by atoms with Gasteiger partial charge in [0.25, 0.3) is 0 Å². The molecule has 3 rings (SSSR count). The zero-order valence-electron chi connectivity index (χ0n) is 11.8. The molecule has 0 aromatic heterocycles. The zero-order valence-corrected chi connectivity index (χ0v) is 11.8. The van der Waals surface area contributed by atoms with Crippen LogP contribution >= 0.6 is 0 Å². The maximum absolute atomic E-state index is 11.6. The molecule has 0 fully saturated rings. The molecule has 0 radical (unpaired) electrons. The Hall–Kier alpha value is -1.71. The molecule has 2 aliphatic rings. The van der Waals surface area contributed by atoms with Crippen LogP contribution in [0.5, 0.6) is 11.5 Å². The van der Waals surface area contributed by atoms with Crippen LogP contribution in [0.2, 0.25) is 0 Å². The minimum absolute atomic E-state index is 0.0288. The van der Waals surface area contributed by atoms with Gasteiger partial charge >= 0.3 is 5.97 Å². The summed E-state index contributed by atoms with van der Waals surface area (Å²) in [6.07, 6.45) is 5.09. The van der Waals surface area contributed by atoms with Gasteiger partial charge in [-0.2, -0.15) is 0 Å². The Morgan fingerprint density at radius 3 is 2.40 bits per heavy atom. The molecule has 0 amide bonds. The van der Waals surface area contributed by atoms with Crippen LogP contribution in [0.15, 0.2) is 12.1 Å². The number of esters is 1. The first-order valence-corrected chi connectivity index (χ1v) is 7.33. The van der Waals surface area contributed by atoms with E-state index in [1.54, 1.807) is 0 Å². The number of hydrogen-bond acceptors (Lipinski definition) is 4. The molecular formula is C16H20O4. The van der Waals surface area contributed by atoms with Gasteiger partial charge in [0.05, 0.1) is 6.10 Å². The highest BCUT2D eigenvalue weighted by Crippen LogP contribution is 2.36. The van der Waals surface area contributed by atoms with Gasteiger partial charge in [-0.3, -0.25) is 4.79 Å². The summed E-state index contributed by atoms with van der Waals surface area (Å²) in [6, 6.07) is 4.19. The lowest BCUT2D eigenvalue weighted by Crippen LogP contribution is -2.15. The molecule has 0 bridgehead atoms. The fraction of sp³-hybridized carbons (Fsp3) is 0.562. The monoisotopic (exact) mass is 276 g/mol. The van der Waals surface area contributed by atoms with Crippen LogP contribution in [-0.4, -0.2) is 18.9 Å². The molecular weight excluding hydrogens is 256 g/mol. The predicted octanol–water partition coefficient (Wildman–Crippen LogP) is 3.01. The predicted molar refractivity (Wildman–Crippen MR) is 74.0 cm³/mol. The van der Waals surface area contributed by atoms with E-state index in [0.717, 1.165) is 43.6 Å². The molecule has 4 heteroatoms. The van der Waals surface area contributed by atoms with Gasteiger partial charge in [0, 0.05) is 6.42 Å². The number of carbonyl (C=O) groups excluding carboxylic acids is 1. The first-order chi connectivity index (χ1) is 9.72. The second-order valence-corrected chi connectivity index (χ2v) is 5.52. The highest BCUT2D eigenvalue weighted by atomic mass is 16.7. The maximum Gasteiger partial charge on any atom is 0.306 e. The summed E-state index contributed by atoms with van der Waals surface area (Å²) >= 11 is 0. The van der Waals surface area contributed by atoms with Crippen molar-refractivity contribution in [2.75, 3.05) is 6.79 Å². The third-order valence-electron chi connectivity index (χ3n) is 3.92. The van der Waals surface area contributed by atoms with E-state index in [1.807, 2.05) is 6.92 Å². The average Bonchev–Trinajstić information content (AvgIpc) is 2.86. The van der Waals surface area contributed by atoms with Gasteiger partial charge < -0.3 is 14.2 Å². The summed E-state index contributed by atoms with van der Waals surface area (Å²) < 4.78 is 16.3. The molecule has 0 spiro atoms. The number of carbonyl (C=O) groups is 1. The molecule has 1 aromatic rings. The number of hydrogen-bond donors (Lipinski definition) is 0. The molecule has 1 aromatic carbocycles. The topological polar surface area (TPSA) is 44.8 Å². The smallest absolute Gasteiger partial charge is 0.306 e. The van der Waals surface area contributed by atoms with E-state index in [4.69, 9.17) is 14.2 Å². The Labute approximate surface area is 119 Å². The summed E-state index contributed by atoms with van der Waals surface area (Å²) in [7, 11) is 0. The summed E-state index contributed by atoms with van der Waals surface area (Å²) in [5, 5.41) is 0. The van der Waals surface area contributed by atoms with E-state index in [1.165, 1.54) is 11.1 Å². The molecule has 0 aliphatic carbocycles. The highest BCUT2D eigenvalue weighted by molar-refractivity contribution is 5.69. The quantitative estimate of drug-likeness (QED) is 0.683. The van der Waals surface area contributed by atoms with Crippen LogP contribution < -0.4 is 9.47 Å². The fourth-order valence-electron chi connectivity index (χ4n) is 2.78. The Balaban J connectivity index is 1.84. The Morgan fingerprint density at radius 1 is 1.00 bits per heavy atom. The zero-order chi connectivity index (χ0) is 13.9. The maximum atomic E-state index is 11.6. The molecule has 0 saturated carbocycles. The van der Waals surface area contributed by atoms with Crippen LogP contribution in [0.3, 0.4) is 0 Å². The molecule has 108 valence electrons. The molecule has 1 unspecified atom stereocenters. The van der Waals surface area contributed by atoms with Crippen LogP contribution in [-0.2, 0) is 22.4 Å². The number of benzene rings is 1. The lowest BCUT2D eigenvalue weighted by molar-refractivity contribution is -0.148. The summed E-state index contributed by atoms with van der Waals surface area (Å²) in [6.45, 7) is 2.27. The molecule has 1 atom stereocenters. The van der Waals surface area contributed by atoms with E-state index in [0.29, 0.717) is 13.2 Å². The minimum Gasteiger partial charge on any atom is -0.463 e. The third kappa shape index (κ3) is 2.89. The van der Waals surface area contributed by atoms with Gasteiger partial charge in [-0.25, -0.2) is 0 Å². The Kier molecular flexibility index (Phi) is 3.81. The van der Waals surface area contributed by atoms with Gasteiger partial charge in [0.15, 0.2) is 11.5 Å². The van der Waals surface area contributed by atoms with Crippen LogP contribution in [0.1, 0.15) is 43.7 Å².